The zero-order valence-corrected chi connectivity index (χ0v) is 16.5. The Bertz CT molecular complexity index is 747. The molecule has 0 heterocycles. The maximum absolute atomic E-state index is 5.66. The van der Waals surface area contributed by atoms with E-state index in [1.807, 2.05) is 49.4 Å². The van der Waals surface area contributed by atoms with Gasteiger partial charge in [-0.15, -0.1) is 0 Å². The number of benzene rings is 2. The summed E-state index contributed by atoms with van der Waals surface area (Å²) in [6.45, 7) is 3.98. The number of nitrogens with zero attached hydrogens (tertiary/aromatic N) is 1. The van der Waals surface area contributed by atoms with Gasteiger partial charge >= 0.3 is 0 Å². The second kappa shape index (κ2) is 11.0. The largest absolute Gasteiger partial charge is 0.497 e. The summed E-state index contributed by atoms with van der Waals surface area (Å²) < 4.78 is 16.4. The molecule has 0 fully saturated rings. The monoisotopic (exact) mass is 371 g/mol. The lowest BCUT2D eigenvalue weighted by atomic mass is 10.1. The highest BCUT2D eigenvalue weighted by Gasteiger charge is 2.07. The van der Waals surface area contributed by atoms with Gasteiger partial charge in [0.05, 0.1) is 20.8 Å². The van der Waals surface area contributed by atoms with Gasteiger partial charge in [-0.3, -0.25) is 4.99 Å². The molecule has 2 rings (SSSR count). The molecule has 6 nitrogen and oxygen atoms in total. The molecule has 0 aliphatic rings. The van der Waals surface area contributed by atoms with Crippen LogP contribution in [0, 0.1) is 0 Å². The van der Waals surface area contributed by atoms with Gasteiger partial charge in [-0.05, 0) is 43.2 Å². The summed E-state index contributed by atoms with van der Waals surface area (Å²) in [5.74, 6) is 3.30. The van der Waals surface area contributed by atoms with E-state index < -0.39 is 0 Å². The molecule has 27 heavy (non-hydrogen) atoms. The molecule has 146 valence electrons. The van der Waals surface area contributed by atoms with Crippen LogP contribution < -0.4 is 24.8 Å². The number of hydrogen-bond acceptors (Lipinski definition) is 4. The van der Waals surface area contributed by atoms with E-state index in [0.29, 0.717) is 13.2 Å². The number of ether oxygens (including phenoxy) is 3. The number of methoxy groups -OCH3 is 2. The smallest absolute Gasteiger partial charge is 0.191 e. The van der Waals surface area contributed by atoms with Gasteiger partial charge < -0.3 is 24.8 Å². The van der Waals surface area contributed by atoms with Gasteiger partial charge in [-0.1, -0.05) is 18.2 Å². The molecule has 0 aromatic heterocycles. The van der Waals surface area contributed by atoms with E-state index in [1.165, 1.54) is 0 Å². The first-order valence-corrected chi connectivity index (χ1v) is 9.08. The highest BCUT2D eigenvalue weighted by molar-refractivity contribution is 5.79. The van der Waals surface area contributed by atoms with Crippen LogP contribution >= 0.6 is 0 Å². The standard InChI is InChI=1S/C21H29N3O3/c1-5-27-20-9-7-6-8-17(20)15-24-21(22-2)23-13-12-16-14-18(25-3)10-11-19(16)26-4/h6-11,14H,5,12-13,15H2,1-4H3,(H2,22,23,24). The topological polar surface area (TPSA) is 64.1 Å². The Morgan fingerprint density at radius 2 is 1.78 bits per heavy atom. The van der Waals surface area contributed by atoms with Crippen molar-refractivity contribution in [3.8, 4) is 17.2 Å². The van der Waals surface area contributed by atoms with Crippen molar-refractivity contribution in [2.75, 3.05) is 34.4 Å². The fourth-order valence-corrected chi connectivity index (χ4v) is 2.74. The summed E-state index contributed by atoms with van der Waals surface area (Å²) in [6.07, 6.45) is 0.788. The van der Waals surface area contributed by atoms with E-state index in [-0.39, 0.29) is 0 Å². The van der Waals surface area contributed by atoms with Crippen LogP contribution in [-0.2, 0) is 13.0 Å². The summed E-state index contributed by atoms with van der Waals surface area (Å²) in [6, 6.07) is 13.8. The highest BCUT2D eigenvalue weighted by atomic mass is 16.5. The Labute approximate surface area is 161 Å². The lowest BCUT2D eigenvalue weighted by Crippen LogP contribution is -2.38. The maximum atomic E-state index is 5.66. The van der Waals surface area contributed by atoms with Gasteiger partial charge in [-0.2, -0.15) is 0 Å². The Balaban J connectivity index is 1.90. The number of para-hydroxylation sites is 1. The van der Waals surface area contributed by atoms with Crippen molar-refractivity contribution in [3.63, 3.8) is 0 Å². The van der Waals surface area contributed by atoms with Crippen molar-refractivity contribution < 1.29 is 14.2 Å². The predicted molar refractivity (Wildman–Crippen MR) is 109 cm³/mol. The van der Waals surface area contributed by atoms with Crippen molar-refractivity contribution in [2.45, 2.75) is 19.9 Å². The van der Waals surface area contributed by atoms with Gasteiger partial charge in [0.15, 0.2) is 5.96 Å². The quantitative estimate of drug-likeness (QED) is 0.524. The second-order valence-electron chi connectivity index (χ2n) is 5.82. The minimum absolute atomic E-state index is 0.637. The molecule has 0 unspecified atom stereocenters. The Hall–Kier alpha value is -2.89. The summed E-state index contributed by atoms with van der Waals surface area (Å²) in [4.78, 5) is 4.28. The highest BCUT2D eigenvalue weighted by Crippen LogP contribution is 2.24. The molecule has 6 heteroatoms. The molecule has 0 bridgehead atoms. The molecular formula is C21H29N3O3. The zero-order chi connectivity index (χ0) is 19.5. The lowest BCUT2D eigenvalue weighted by Gasteiger charge is -2.15. The van der Waals surface area contributed by atoms with Crippen LogP contribution in [0.3, 0.4) is 0 Å². The average Bonchev–Trinajstić information content (AvgIpc) is 2.71. The molecule has 2 aromatic rings. The van der Waals surface area contributed by atoms with Crippen LogP contribution in [0.4, 0.5) is 0 Å². The molecule has 0 amide bonds. The third-order valence-corrected chi connectivity index (χ3v) is 4.12. The number of hydrogen-bond donors (Lipinski definition) is 2. The predicted octanol–water partition coefficient (Wildman–Crippen LogP) is 3.01. The number of guanidine groups is 1. The molecule has 2 aromatic carbocycles. The van der Waals surface area contributed by atoms with E-state index in [9.17, 15) is 0 Å². The Morgan fingerprint density at radius 3 is 2.48 bits per heavy atom. The lowest BCUT2D eigenvalue weighted by molar-refractivity contribution is 0.336. The molecule has 2 N–H and O–H groups in total. The van der Waals surface area contributed by atoms with Crippen LogP contribution in [0.5, 0.6) is 17.2 Å². The van der Waals surface area contributed by atoms with Crippen molar-refractivity contribution in [1.29, 1.82) is 0 Å². The van der Waals surface area contributed by atoms with Crippen LogP contribution in [0.1, 0.15) is 18.1 Å². The summed E-state index contributed by atoms with van der Waals surface area (Å²) in [7, 11) is 5.10. The molecule has 0 saturated carbocycles. The fourth-order valence-electron chi connectivity index (χ4n) is 2.74. The van der Waals surface area contributed by atoms with Crippen molar-refractivity contribution in [3.05, 3.63) is 53.6 Å². The summed E-state index contributed by atoms with van der Waals surface area (Å²) in [5, 5.41) is 6.65. The second-order valence-corrected chi connectivity index (χ2v) is 5.82. The van der Waals surface area contributed by atoms with Crippen LogP contribution in [0.25, 0.3) is 0 Å². The average molecular weight is 371 g/mol. The maximum Gasteiger partial charge on any atom is 0.191 e. The molecule has 0 aliphatic carbocycles. The third kappa shape index (κ3) is 6.09. The third-order valence-electron chi connectivity index (χ3n) is 4.12. The Kier molecular flexibility index (Phi) is 8.29. The van der Waals surface area contributed by atoms with E-state index in [0.717, 1.165) is 47.3 Å². The van der Waals surface area contributed by atoms with Crippen molar-refractivity contribution >= 4 is 5.96 Å². The molecule has 0 aliphatic heterocycles. The van der Waals surface area contributed by atoms with Crippen molar-refractivity contribution in [1.82, 2.24) is 10.6 Å². The molecular weight excluding hydrogens is 342 g/mol. The molecule has 0 spiro atoms. The van der Waals surface area contributed by atoms with E-state index in [1.54, 1.807) is 21.3 Å². The first-order chi connectivity index (χ1) is 13.2. The number of aliphatic imine (C=N–C) groups is 1. The van der Waals surface area contributed by atoms with Gasteiger partial charge in [0.2, 0.25) is 0 Å². The van der Waals surface area contributed by atoms with Gasteiger partial charge in [0.1, 0.15) is 17.2 Å². The van der Waals surface area contributed by atoms with E-state index in [4.69, 9.17) is 14.2 Å². The SMILES string of the molecule is CCOc1ccccc1CNC(=NC)NCCc1cc(OC)ccc1OC. The van der Waals surface area contributed by atoms with Crippen molar-refractivity contribution in [2.24, 2.45) is 4.99 Å². The summed E-state index contributed by atoms with van der Waals surface area (Å²) >= 11 is 0. The number of nitrogens with one attached hydrogen (secondary N) is 2. The normalized spacial score (nSPS) is 11.0. The van der Waals surface area contributed by atoms with Crippen LogP contribution in [0.15, 0.2) is 47.5 Å². The minimum atomic E-state index is 0.637. The first-order valence-electron chi connectivity index (χ1n) is 9.08. The van der Waals surface area contributed by atoms with Crippen LogP contribution in [-0.4, -0.2) is 40.4 Å². The van der Waals surface area contributed by atoms with Gasteiger partial charge in [0.25, 0.3) is 0 Å². The van der Waals surface area contributed by atoms with Gasteiger partial charge in [0, 0.05) is 25.7 Å². The molecule has 0 atom stereocenters. The Morgan fingerprint density at radius 1 is 0.963 bits per heavy atom. The number of rotatable bonds is 9. The van der Waals surface area contributed by atoms with Crippen LogP contribution in [0.2, 0.25) is 0 Å². The van der Waals surface area contributed by atoms with E-state index in [2.05, 4.69) is 15.6 Å². The van der Waals surface area contributed by atoms with Gasteiger partial charge in [-0.25, -0.2) is 0 Å². The first kappa shape index (κ1) is 20.4. The fraction of sp³-hybridized carbons (Fsp3) is 0.381. The molecule has 0 radical (unpaired) electrons. The van der Waals surface area contributed by atoms with E-state index >= 15 is 0 Å². The molecule has 0 saturated heterocycles. The zero-order valence-electron chi connectivity index (χ0n) is 16.5. The minimum Gasteiger partial charge on any atom is -0.497 e. The summed E-state index contributed by atoms with van der Waals surface area (Å²) in [5.41, 5.74) is 2.18.